The lowest BCUT2D eigenvalue weighted by Gasteiger charge is -2.26. The fourth-order valence-corrected chi connectivity index (χ4v) is 2.40. The summed E-state index contributed by atoms with van der Waals surface area (Å²) in [6, 6.07) is 6.46. The maximum absolute atomic E-state index is 4.48. The van der Waals surface area contributed by atoms with Crippen molar-refractivity contribution in [3.05, 3.63) is 47.5 Å². The van der Waals surface area contributed by atoms with Crippen molar-refractivity contribution in [2.24, 2.45) is 7.05 Å². The molecule has 0 fully saturated rings. The maximum Gasteiger partial charge on any atom is 0.0575 e. The van der Waals surface area contributed by atoms with Crippen molar-refractivity contribution in [2.45, 2.75) is 32.9 Å². The molecule has 2 rings (SSSR count). The summed E-state index contributed by atoms with van der Waals surface area (Å²) < 4.78 is 1.92. The Hall–Kier alpha value is -1.68. The highest BCUT2D eigenvalue weighted by Gasteiger charge is 2.17. The fraction of sp³-hybridized carbons (Fsp3) is 0.467. The van der Waals surface area contributed by atoms with E-state index < -0.39 is 0 Å². The summed E-state index contributed by atoms with van der Waals surface area (Å²) in [5.74, 6) is 0. The summed E-state index contributed by atoms with van der Waals surface area (Å²) in [6.07, 6.45) is 4.87. The minimum atomic E-state index is 0.348. The van der Waals surface area contributed by atoms with E-state index in [0.717, 1.165) is 18.7 Å². The molecule has 0 radical (unpaired) electrons. The Kier molecular flexibility index (Phi) is 4.32. The monoisotopic (exact) mass is 258 g/mol. The third-order valence-electron chi connectivity index (χ3n) is 3.70. The van der Waals surface area contributed by atoms with Gasteiger partial charge in [0.1, 0.15) is 0 Å². The third-order valence-corrected chi connectivity index (χ3v) is 3.70. The predicted molar refractivity (Wildman–Crippen MR) is 76.7 cm³/mol. The molecule has 0 aromatic carbocycles. The molecule has 102 valence electrons. The van der Waals surface area contributed by atoms with Crippen LogP contribution >= 0.6 is 0 Å². The van der Waals surface area contributed by atoms with Crippen LogP contribution in [0.3, 0.4) is 0 Å². The van der Waals surface area contributed by atoms with Crippen molar-refractivity contribution in [3.63, 3.8) is 0 Å². The highest BCUT2D eigenvalue weighted by molar-refractivity contribution is 5.16. The average molecular weight is 258 g/mol. The molecule has 0 saturated carbocycles. The summed E-state index contributed by atoms with van der Waals surface area (Å²) in [6.45, 7) is 5.21. The van der Waals surface area contributed by atoms with Crippen molar-refractivity contribution in [2.75, 3.05) is 7.05 Å². The minimum absolute atomic E-state index is 0.348. The second-order valence-corrected chi connectivity index (χ2v) is 4.97. The standard InChI is InChI=1S/C15H22N4/c1-5-15(14-8-6-7-9-16-14)18(3)11-13-10-17-19(4)12(13)2/h6-10,15H,5,11H2,1-4H3/t15-/m0/s1. The maximum atomic E-state index is 4.48. The van der Waals surface area contributed by atoms with Gasteiger partial charge in [-0.05, 0) is 32.5 Å². The van der Waals surface area contributed by atoms with Gasteiger partial charge in [0.2, 0.25) is 0 Å². The molecule has 0 aliphatic rings. The van der Waals surface area contributed by atoms with Crippen LogP contribution in [0.1, 0.15) is 36.3 Å². The van der Waals surface area contributed by atoms with Gasteiger partial charge in [-0.2, -0.15) is 5.10 Å². The van der Waals surface area contributed by atoms with Crippen LogP contribution in [0.4, 0.5) is 0 Å². The Morgan fingerprint density at radius 2 is 2.16 bits per heavy atom. The largest absolute Gasteiger partial charge is 0.293 e. The lowest BCUT2D eigenvalue weighted by atomic mass is 10.1. The van der Waals surface area contributed by atoms with Gasteiger partial charge >= 0.3 is 0 Å². The molecular weight excluding hydrogens is 236 g/mol. The van der Waals surface area contributed by atoms with Gasteiger partial charge in [-0.1, -0.05) is 13.0 Å². The fourth-order valence-electron chi connectivity index (χ4n) is 2.40. The Bertz CT molecular complexity index is 518. The quantitative estimate of drug-likeness (QED) is 0.827. The first-order valence-corrected chi connectivity index (χ1v) is 6.72. The van der Waals surface area contributed by atoms with E-state index in [4.69, 9.17) is 0 Å². The van der Waals surface area contributed by atoms with Gasteiger partial charge in [0, 0.05) is 31.0 Å². The number of hydrogen-bond acceptors (Lipinski definition) is 3. The summed E-state index contributed by atoms with van der Waals surface area (Å²) >= 11 is 0. The normalized spacial score (nSPS) is 12.9. The predicted octanol–water partition coefficient (Wildman–Crippen LogP) is 2.71. The van der Waals surface area contributed by atoms with E-state index in [0.29, 0.717) is 6.04 Å². The van der Waals surface area contributed by atoms with Gasteiger partial charge in [-0.25, -0.2) is 0 Å². The van der Waals surface area contributed by atoms with Crippen LogP contribution in [0, 0.1) is 6.92 Å². The highest BCUT2D eigenvalue weighted by atomic mass is 15.3. The molecule has 2 aromatic heterocycles. The first-order valence-electron chi connectivity index (χ1n) is 6.72. The van der Waals surface area contributed by atoms with Crippen LogP contribution in [0.25, 0.3) is 0 Å². The number of nitrogens with zero attached hydrogens (tertiary/aromatic N) is 4. The number of pyridine rings is 1. The van der Waals surface area contributed by atoms with Crippen molar-refractivity contribution < 1.29 is 0 Å². The van der Waals surface area contributed by atoms with Crippen LogP contribution in [0.2, 0.25) is 0 Å². The van der Waals surface area contributed by atoms with Crippen molar-refractivity contribution in [1.29, 1.82) is 0 Å². The van der Waals surface area contributed by atoms with Gasteiger partial charge < -0.3 is 0 Å². The number of rotatable bonds is 5. The Labute approximate surface area is 115 Å². The zero-order valence-corrected chi connectivity index (χ0v) is 12.2. The number of hydrogen-bond donors (Lipinski definition) is 0. The molecule has 0 unspecified atom stereocenters. The summed E-state index contributed by atoms with van der Waals surface area (Å²) in [7, 11) is 4.13. The first-order chi connectivity index (χ1) is 9.13. The van der Waals surface area contributed by atoms with Gasteiger partial charge in [-0.15, -0.1) is 0 Å². The lowest BCUT2D eigenvalue weighted by Crippen LogP contribution is -2.24. The Morgan fingerprint density at radius 1 is 1.37 bits per heavy atom. The highest BCUT2D eigenvalue weighted by Crippen LogP contribution is 2.23. The third kappa shape index (κ3) is 3.01. The zero-order valence-electron chi connectivity index (χ0n) is 12.2. The number of aromatic nitrogens is 3. The molecule has 0 saturated heterocycles. The van der Waals surface area contributed by atoms with Crippen LogP contribution in [-0.2, 0) is 13.6 Å². The van der Waals surface area contributed by atoms with Gasteiger partial charge in [-0.3, -0.25) is 14.6 Å². The SMILES string of the molecule is CC[C@@H](c1ccccn1)N(C)Cc1cnn(C)c1C. The smallest absolute Gasteiger partial charge is 0.0575 e. The van der Waals surface area contributed by atoms with Crippen LogP contribution in [0.15, 0.2) is 30.6 Å². The molecule has 0 N–H and O–H groups in total. The zero-order chi connectivity index (χ0) is 13.8. The Morgan fingerprint density at radius 3 is 2.68 bits per heavy atom. The molecule has 2 heterocycles. The van der Waals surface area contributed by atoms with Gasteiger partial charge in [0.25, 0.3) is 0 Å². The van der Waals surface area contributed by atoms with E-state index in [-0.39, 0.29) is 0 Å². The summed E-state index contributed by atoms with van der Waals surface area (Å²) in [5.41, 5.74) is 3.64. The van der Waals surface area contributed by atoms with E-state index in [9.17, 15) is 0 Å². The second kappa shape index (κ2) is 5.97. The molecule has 2 aromatic rings. The van der Waals surface area contributed by atoms with Crippen molar-refractivity contribution >= 4 is 0 Å². The molecule has 0 spiro atoms. The van der Waals surface area contributed by atoms with Gasteiger partial charge in [0.05, 0.1) is 17.9 Å². The number of aryl methyl sites for hydroxylation is 1. The molecule has 0 aliphatic carbocycles. The minimum Gasteiger partial charge on any atom is -0.293 e. The summed E-state index contributed by atoms with van der Waals surface area (Å²) in [5, 5.41) is 4.30. The molecule has 0 bridgehead atoms. The van der Waals surface area contributed by atoms with Crippen LogP contribution in [-0.4, -0.2) is 26.7 Å². The van der Waals surface area contributed by atoms with Crippen molar-refractivity contribution in [3.8, 4) is 0 Å². The molecule has 19 heavy (non-hydrogen) atoms. The van der Waals surface area contributed by atoms with Crippen LogP contribution < -0.4 is 0 Å². The lowest BCUT2D eigenvalue weighted by molar-refractivity contribution is 0.225. The summed E-state index contributed by atoms with van der Waals surface area (Å²) in [4.78, 5) is 6.82. The van der Waals surface area contributed by atoms with E-state index in [1.165, 1.54) is 11.3 Å². The van der Waals surface area contributed by atoms with E-state index in [2.05, 4.69) is 41.9 Å². The molecular formula is C15H22N4. The molecule has 4 nitrogen and oxygen atoms in total. The Balaban J connectivity index is 2.14. The molecule has 4 heteroatoms. The average Bonchev–Trinajstić information content (AvgIpc) is 2.73. The van der Waals surface area contributed by atoms with Gasteiger partial charge in [0.15, 0.2) is 0 Å². The molecule has 0 aliphatic heterocycles. The first kappa shape index (κ1) is 13.7. The molecule has 0 amide bonds. The second-order valence-electron chi connectivity index (χ2n) is 4.97. The van der Waals surface area contributed by atoms with Crippen LogP contribution in [0.5, 0.6) is 0 Å². The van der Waals surface area contributed by atoms with E-state index >= 15 is 0 Å². The molecule has 1 atom stereocenters. The topological polar surface area (TPSA) is 34.0 Å². The van der Waals surface area contributed by atoms with E-state index in [1.807, 2.05) is 36.3 Å². The van der Waals surface area contributed by atoms with Crippen molar-refractivity contribution in [1.82, 2.24) is 19.7 Å². The van der Waals surface area contributed by atoms with E-state index in [1.54, 1.807) is 0 Å².